The zero-order chi connectivity index (χ0) is 15.6. The van der Waals surface area contributed by atoms with E-state index in [-0.39, 0.29) is 18.7 Å². The summed E-state index contributed by atoms with van der Waals surface area (Å²) >= 11 is 0. The minimum atomic E-state index is -1.48. The zero-order valence-corrected chi connectivity index (χ0v) is 11.8. The van der Waals surface area contributed by atoms with Crippen molar-refractivity contribution in [1.29, 1.82) is 0 Å². The number of benzene rings is 1. The number of piperidine rings is 1. The van der Waals surface area contributed by atoms with Crippen molar-refractivity contribution in [1.82, 2.24) is 4.90 Å². The maximum absolute atomic E-state index is 13.7. The van der Waals surface area contributed by atoms with E-state index in [0.717, 1.165) is 6.07 Å². The highest BCUT2D eigenvalue weighted by atomic mass is 19.2. The molecule has 1 aromatic carbocycles. The van der Waals surface area contributed by atoms with Gasteiger partial charge in [-0.3, -0.25) is 9.69 Å². The van der Waals surface area contributed by atoms with Gasteiger partial charge in [0.1, 0.15) is 0 Å². The van der Waals surface area contributed by atoms with Crippen LogP contribution in [0.4, 0.5) is 13.2 Å². The lowest BCUT2D eigenvalue weighted by atomic mass is 9.77. The molecular weight excluding hydrogens is 283 g/mol. The topological polar surface area (TPSA) is 40.5 Å². The molecule has 3 nitrogen and oxygen atoms in total. The average molecular weight is 301 g/mol. The number of hydrogen-bond donors (Lipinski definition) is 1. The molecule has 0 spiro atoms. The quantitative estimate of drug-likeness (QED) is 0.868. The number of likely N-dealkylation sites (tertiary alicyclic amines) is 1. The van der Waals surface area contributed by atoms with Gasteiger partial charge in [-0.25, -0.2) is 13.2 Å². The molecule has 1 aliphatic rings. The largest absolute Gasteiger partial charge is 0.481 e. The second kappa shape index (κ2) is 6.05. The van der Waals surface area contributed by atoms with Crippen LogP contribution in [0.15, 0.2) is 12.1 Å². The smallest absolute Gasteiger partial charge is 0.310 e. The fraction of sp³-hybridized carbons (Fsp3) is 0.533. The van der Waals surface area contributed by atoms with E-state index in [9.17, 15) is 23.1 Å². The Labute approximate surface area is 121 Å². The molecule has 116 valence electrons. The number of hydrogen-bond acceptors (Lipinski definition) is 2. The van der Waals surface area contributed by atoms with E-state index in [1.165, 1.54) is 6.07 Å². The van der Waals surface area contributed by atoms with Crippen LogP contribution in [0.5, 0.6) is 0 Å². The minimum absolute atomic E-state index is 0.0474. The van der Waals surface area contributed by atoms with Gasteiger partial charge < -0.3 is 5.11 Å². The number of carbonyl (C=O) groups is 1. The highest BCUT2D eigenvalue weighted by Crippen LogP contribution is 2.34. The lowest BCUT2D eigenvalue weighted by molar-refractivity contribution is -0.153. The van der Waals surface area contributed by atoms with Crippen LogP contribution in [0.2, 0.25) is 0 Å². The Kier molecular flexibility index (Phi) is 4.56. The fourth-order valence-corrected chi connectivity index (χ4v) is 2.91. The summed E-state index contributed by atoms with van der Waals surface area (Å²) in [6, 6.07) is 2.10. The Morgan fingerprint density at radius 3 is 2.67 bits per heavy atom. The molecule has 1 atom stereocenters. The Bertz CT molecular complexity index is 550. The van der Waals surface area contributed by atoms with Crippen LogP contribution < -0.4 is 0 Å². The number of carboxylic acid groups (broad SMARTS) is 1. The minimum Gasteiger partial charge on any atom is -0.481 e. The third-order valence-corrected chi connectivity index (χ3v) is 4.30. The van der Waals surface area contributed by atoms with Gasteiger partial charge in [0.05, 0.1) is 5.41 Å². The van der Waals surface area contributed by atoms with E-state index < -0.39 is 28.8 Å². The summed E-state index contributed by atoms with van der Waals surface area (Å²) in [5.74, 6) is -4.76. The SMILES string of the molecule is CCC1(C(=O)O)CCCN(Cc2ccc(F)c(F)c2F)C1. The third kappa shape index (κ3) is 3.05. The standard InChI is InChI=1S/C15H18F3NO2/c1-2-15(14(20)21)6-3-7-19(9-15)8-10-4-5-11(16)13(18)12(10)17/h4-5H,2-3,6-9H2,1H3,(H,20,21). The molecule has 6 heteroatoms. The summed E-state index contributed by atoms with van der Waals surface area (Å²) in [6.07, 6.45) is 1.75. The normalized spacial score (nSPS) is 23.2. The van der Waals surface area contributed by atoms with Gasteiger partial charge >= 0.3 is 5.97 Å². The molecular formula is C15H18F3NO2. The van der Waals surface area contributed by atoms with Gasteiger partial charge in [0, 0.05) is 18.7 Å². The Hall–Kier alpha value is -1.56. The van der Waals surface area contributed by atoms with Crippen LogP contribution in [-0.4, -0.2) is 29.1 Å². The first kappa shape index (κ1) is 15.8. The van der Waals surface area contributed by atoms with Gasteiger partial charge in [-0.1, -0.05) is 13.0 Å². The van der Waals surface area contributed by atoms with Crippen molar-refractivity contribution in [2.75, 3.05) is 13.1 Å². The molecule has 0 aliphatic carbocycles. The molecule has 1 N–H and O–H groups in total. The van der Waals surface area contributed by atoms with Gasteiger partial charge in [0.2, 0.25) is 0 Å². The number of nitrogens with zero attached hydrogens (tertiary/aromatic N) is 1. The molecule has 1 fully saturated rings. The maximum Gasteiger partial charge on any atom is 0.310 e. The summed E-state index contributed by atoms with van der Waals surface area (Å²) in [5, 5.41) is 9.40. The molecule has 1 heterocycles. The molecule has 2 rings (SSSR count). The van der Waals surface area contributed by atoms with E-state index in [0.29, 0.717) is 25.8 Å². The zero-order valence-electron chi connectivity index (χ0n) is 11.8. The number of rotatable bonds is 4. The molecule has 1 aliphatic heterocycles. The first-order valence-corrected chi connectivity index (χ1v) is 6.98. The van der Waals surface area contributed by atoms with Crippen molar-refractivity contribution in [2.45, 2.75) is 32.7 Å². The molecule has 0 aromatic heterocycles. The molecule has 0 amide bonds. The number of aliphatic carboxylic acids is 1. The summed E-state index contributed by atoms with van der Waals surface area (Å²) in [5.41, 5.74) is -0.793. The predicted octanol–water partition coefficient (Wildman–Crippen LogP) is 3.18. The van der Waals surface area contributed by atoms with Gasteiger partial charge in [-0.15, -0.1) is 0 Å². The second-order valence-electron chi connectivity index (χ2n) is 5.59. The molecule has 1 saturated heterocycles. The number of halogens is 3. The summed E-state index contributed by atoms with van der Waals surface area (Å²) < 4.78 is 39.8. The monoisotopic (exact) mass is 301 g/mol. The number of carboxylic acids is 1. The van der Waals surface area contributed by atoms with Crippen molar-refractivity contribution < 1.29 is 23.1 Å². The van der Waals surface area contributed by atoms with Crippen molar-refractivity contribution in [3.05, 3.63) is 35.1 Å². The van der Waals surface area contributed by atoms with E-state index in [1.54, 1.807) is 4.90 Å². The van der Waals surface area contributed by atoms with Gasteiger partial charge in [0.25, 0.3) is 0 Å². The first-order chi connectivity index (χ1) is 9.89. The molecule has 0 radical (unpaired) electrons. The molecule has 1 unspecified atom stereocenters. The van der Waals surface area contributed by atoms with Crippen molar-refractivity contribution in [2.24, 2.45) is 5.41 Å². The maximum atomic E-state index is 13.7. The van der Waals surface area contributed by atoms with E-state index in [1.807, 2.05) is 6.92 Å². The van der Waals surface area contributed by atoms with Crippen molar-refractivity contribution >= 4 is 5.97 Å². The lowest BCUT2D eigenvalue weighted by Gasteiger charge is -2.39. The fourth-order valence-electron chi connectivity index (χ4n) is 2.91. The summed E-state index contributed by atoms with van der Waals surface area (Å²) in [6.45, 7) is 2.80. The third-order valence-electron chi connectivity index (χ3n) is 4.30. The first-order valence-electron chi connectivity index (χ1n) is 6.98. The molecule has 0 saturated carbocycles. The molecule has 1 aromatic rings. The van der Waals surface area contributed by atoms with E-state index in [4.69, 9.17) is 0 Å². The molecule has 0 bridgehead atoms. The Morgan fingerprint density at radius 1 is 1.33 bits per heavy atom. The van der Waals surface area contributed by atoms with Crippen LogP contribution in [0.3, 0.4) is 0 Å². The highest BCUT2D eigenvalue weighted by Gasteiger charge is 2.40. The Balaban J connectivity index is 2.17. The van der Waals surface area contributed by atoms with E-state index >= 15 is 0 Å². The second-order valence-corrected chi connectivity index (χ2v) is 5.59. The summed E-state index contributed by atoms with van der Waals surface area (Å²) in [4.78, 5) is 13.2. The van der Waals surface area contributed by atoms with Crippen LogP contribution in [0.1, 0.15) is 31.7 Å². The van der Waals surface area contributed by atoms with E-state index in [2.05, 4.69) is 0 Å². The van der Waals surface area contributed by atoms with Gasteiger partial charge in [-0.05, 0) is 31.9 Å². The van der Waals surface area contributed by atoms with Crippen LogP contribution in [0, 0.1) is 22.9 Å². The molecule has 21 heavy (non-hydrogen) atoms. The van der Waals surface area contributed by atoms with Gasteiger partial charge in [0.15, 0.2) is 17.5 Å². The Morgan fingerprint density at radius 2 is 2.05 bits per heavy atom. The summed E-state index contributed by atoms with van der Waals surface area (Å²) in [7, 11) is 0. The van der Waals surface area contributed by atoms with Crippen molar-refractivity contribution in [3.63, 3.8) is 0 Å². The average Bonchev–Trinajstić information content (AvgIpc) is 2.48. The highest BCUT2D eigenvalue weighted by molar-refractivity contribution is 5.75. The van der Waals surface area contributed by atoms with Crippen LogP contribution in [-0.2, 0) is 11.3 Å². The van der Waals surface area contributed by atoms with Crippen LogP contribution >= 0.6 is 0 Å². The van der Waals surface area contributed by atoms with Gasteiger partial charge in [-0.2, -0.15) is 0 Å². The van der Waals surface area contributed by atoms with Crippen LogP contribution in [0.25, 0.3) is 0 Å². The predicted molar refractivity (Wildman–Crippen MR) is 71.2 cm³/mol. The van der Waals surface area contributed by atoms with Crippen molar-refractivity contribution in [3.8, 4) is 0 Å². The lowest BCUT2D eigenvalue weighted by Crippen LogP contribution is -2.47.